The molecule has 0 aromatic heterocycles. The molecule has 2 rings (SSSR count). The van der Waals surface area contributed by atoms with Crippen LogP contribution in [0.2, 0.25) is 0 Å². The van der Waals surface area contributed by atoms with E-state index < -0.39 is 0 Å². The fourth-order valence-electron chi connectivity index (χ4n) is 2.63. The average Bonchev–Trinajstić information content (AvgIpc) is 2.38. The van der Waals surface area contributed by atoms with Crippen molar-refractivity contribution in [3.63, 3.8) is 0 Å². The van der Waals surface area contributed by atoms with Gasteiger partial charge in [-0.15, -0.1) is 0 Å². The van der Waals surface area contributed by atoms with Crippen molar-refractivity contribution in [2.75, 3.05) is 0 Å². The lowest BCUT2D eigenvalue weighted by molar-refractivity contribution is -0.126. The van der Waals surface area contributed by atoms with Crippen LogP contribution in [-0.2, 0) is 4.79 Å². The molecule has 110 valence electrons. The minimum atomic E-state index is -0.363. The predicted molar refractivity (Wildman–Crippen MR) is 88.7 cm³/mol. The van der Waals surface area contributed by atoms with Crippen molar-refractivity contribution in [2.24, 2.45) is 5.41 Å². The number of hydrogen-bond donors (Lipinski definition) is 0. The van der Waals surface area contributed by atoms with Gasteiger partial charge in [0.1, 0.15) is 5.78 Å². The number of carbonyl (C=O) groups excluding carboxylic acids is 1. The molecule has 0 atom stereocenters. The second-order valence-electron chi connectivity index (χ2n) is 6.88. The third-order valence-corrected chi connectivity index (χ3v) is 3.75. The van der Waals surface area contributed by atoms with Gasteiger partial charge < -0.3 is 0 Å². The standard InChI is InChI=1S/C20H24O/c1-14-8-6-10-16(12-14)18(19(21)20(3,4)5)17-11-7-9-15(2)13-17/h6-13,18H,1-5H3. The normalized spacial score (nSPS) is 11.7. The Kier molecular flexibility index (Phi) is 4.32. The minimum Gasteiger partial charge on any atom is -0.298 e. The number of Topliss-reactive ketones (excluding diaryl/α,β-unsaturated/α-hetero) is 1. The van der Waals surface area contributed by atoms with Crippen molar-refractivity contribution < 1.29 is 4.79 Å². The van der Waals surface area contributed by atoms with Crippen LogP contribution in [0.3, 0.4) is 0 Å². The Morgan fingerprint density at radius 2 is 1.29 bits per heavy atom. The molecule has 0 bridgehead atoms. The number of carbonyl (C=O) groups is 1. The Morgan fingerprint density at radius 1 is 0.857 bits per heavy atom. The molecule has 0 heterocycles. The summed E-state index contributed by atoms with van der Waals surface area (Å²) in [6, 6.07) is 16.6. The van der Waals surface area contributed by atoms with Gasteiger partial charge in [-0.05, 0) is 25.0 Å². The van der Waals surface area contributed by atoms with Gasteiger partial charge in [0.25, 0.3) is 0 Å². The summed E-state index contributed by atoms with van der Waals surface area (Å²) in [5, 5.41) is 0. The molecule has 0 unspecified atom stereocenters. The SMILES string of the molecule is Cc1cccc(C(C(=O)C(C)(C)C)c2cccc(C)c2)c1. The van der Waals surface area contributed by atoms with Gasteiger partial charge in [0.15, 0.2) is 0 Å². The Morgan fingerprint density at radius 3 is 1.62 bits per heavy atom. The highest BCUT2D eigenvalue weighted by atomic mass is 16.1. The summed E-state index contributed by atoms with van der Waals surface area (Å²) in [4.78, 5) is 13.0. The van der Waals surface area contributed by atoms with Gasteiger partial charge in [-0.3, -0.25) is 4.79 Å². The summed E-state index contributed by atoms with van der Waals surface area (Å²) in [7, 11) is 0. The third-order valence-electron chi connectivity index (χ3n) is 3.75. The molecule has 0 aliphatic heterocycles. The highest BCUT2D eigenvalue weighted by Crippen LogP contribution is 2.33. The Hall–Kier alpha value is -1.89. The van der Waals surface area contributed by atoms with Crippen LogP contribution < -0.4 is 0 Å². The first-order valence-electron chi connectivity index (χ1n) is 7.46. The molecule has 0 saturated heterocycles. The van der Waals surface area contributed by atoms with Crippen LogP contribution in [0.4, 0.5) is 0 Å². The van der Waals surface area contributed by atoms with E-state index in [9.17, 15) is 4.79 Å². The van der Waals surface area contributed by atoms with Crippen molar-refractivity contribution in [2.45, 2.75) is 40.5 Å². The van der Waals surface area contributed by atoms with Crippen molar-refractivity contribution in [3.05, 3.63) is 70.8 Å². The molecule has 0 aliphatic carbocycles. The molecule has 2 aromatic carbocycles. The lowest BCUT2D eigenvalue weighted by Crippen LogP contribution is -2.27. The maximum absolute atomic E-state index is 13.0. The van der Waals surface area contributed by atoms with E-state index in [0.29, 0.717) is 0 Å². The van der Waals surface area contributed by atoms with Crippen molar-refractivity contribution in [3.8, 4) is 0 Å². The van der Waals surface area contributed by atoms with Crippen LogP contribution >= 0.6 is 0 Å². The fourth-order valence-corrected chi connectivity index (χ4v) is 2.63. The molecule has 0 spiro atoms. The zero-order chi connectivity index (χ0) is 15.6. The second kappa shape index (κ2) is 5.85. The number of aryl methyl sites for hydroxylation is 2. The zero-order valence-corrected chi connectivity index (χ0v) is 13.6. The van der Waals surface area contributed by atoms with Gasteiger partial charge in [0.2, 0.25) is 0 Å². The summed E-state index contributed by atoms with van der Waals surface area (Å²) in [6.07, 6.45) is 0. The fraction of sp³-hybridized carbons (Fsp3) is 0.350. The topological polar surface area (TPSA) is 17.1 Å². The molecule has 0 fully saturated rings. The van der Waals surface area contributed by atoms with Crippen LogP contribution in [0.25, 0.3) is 0 Å². The van der Waals surface area contributed by atoms with E-state index in [1.165, 1.54) is 11.1 Å². The first kappa shape index (κ1) is 15.5. The van der Waals surface area contributed by atoms with E-state index in [1.54, 1.807) is 0 Å². The molecular weight excluding hydrogens is 256 g/mol. The molecular formula is C20H24O. The molecule has 1 nitrogen and oxygen atoms in total. The van der Waals surface area contributed by atoms with Crippen LogP contribution in [-0.4, -0.2) is 5.78 Å². The number of hydrogen-bond acceptors (Lipinski definition) is 1. The third kappa shape index (κ3) is 3.60. The summed E-state index contributed by atoms with van der Waals surface area (Å²) in [5.41, 5.74) is 4.18. The first-order valence-corrected chi connectivity index (χ1v) is 7.46. The van der Waals surface area contributed by atoms with E-state index in [1.807, 2.05) is 32.9 Å². The molecule has 0 saturated carbocycles. The number of rotatable bonds is 3. The van der Waals surface area contributed by atoms with E-state index in [-0.39, 0.29) is 17.1 Å². The smallest absolute Gasteiger partial charge is 0.150 e. The van der Waals surface area contributed by atoms with Crippen LogP contribution in [0.15, 0.2) is 48.5 Å². The van der Waals surface area contributed by atoms with Crippen molar-refractivity contribution in [1.82, 2.24) is 0 Å². The Bertz CT molecular complexity index is 601. The second-order valence-corrected chi connectivity index (χ2v) is 6.88. The largest absolute Gasteiger partial charge is 0.298 e. The number of ketones is 1. The molecule has 0 aliphatic rings. The van der Waals surface area contributed by atoms with Gasteiger partial charge in [0.05, 0.1) is 5.92 Å². The maximum atomic E-state index is 13.0. The Labute approximate surface area is 128 Å². The quantitative estimate of drug-likeness (QED) is 0.769. The van der Waals surface area contributed by atoms with Gasteiger partial charge in [-0.2, -0.15) is 0 Å². The Balaban J connectivity index is 2.57. The van der Waals surface area contributed by atoms with E-state index in [0.717, 1.165) is 11.1 Å². The summed E-state index contributed by atoms with van der Waals surface area (Å²) >= 11 is 0. The van der Waals surface area contributed by atoms with Gasteiger partial charge in [0, 0.05) is 5.41 Å². The molecule has 0 radical (unpaired) electrons. The highest BCUT2D eigenvalue weighted by Gasteiger charge is 2.31. The van der Waals surface area contributed by atoms with Gasteiger partial charge in [-0.25, -0.2) is 0 Å². The predicted octanol–water partition coefficient (Wildman–Crippen LogP) is 5.05. The van der Waals surface area contributed by atoms with Crippen LogP contribution in [0.1, 0.15) is 48.9 Å². The number of benzene rings is 2. The lowest BCUT2D eigenvalue weighted by atomic mass is 9.76. The molecule has 0 N–H and O–H groups in total. The van der Waals surface area contributed by atoms with Gasteiger partial charge in [-0.1, -0.05) is 80.4 Å². The maximum Gasteiger partial charge on any atom is 0.150 e. The average molecular weight is 280 g/mol. The van der Waals surface area contributed by atoms with Crippen molar-refractivity contribution in [1.29, 1.82) is 0 Å². The summed E-state index contributed by atoms with van der Waals surface area (Å²) in [6.45, 7) is 10.1. The van der Waals surface area contributed by atoms with E-state index in [4.69, 9.17) is 0 Å². The van der Waals surface area contributed by atoms with E-state index in [2.05, 4.69) is 50.2 Å². The zero-order valence-electron chi connectivity index (χ0n) is 13.6. The minimum absolute atomic E-state index is 0.190. The monoisotopic (exact) mass is 280 g/mol. The van der Waals surface area contributed by atoms with E-state index >= 15 is 0 Å². The molecule has 2 aromatic rings. The van der Waals surface area contributed by atoms with Crippen LogP contribution in [0, 0.1) is 19.3 Å². The van der Waals surface area contributed by atoms with Crippen molar-refractivity contribution >= 4 is 5.78 Å². The first-order chi connectivity index (χ1) is 9.79. The molecule has 0 amide bonds. The molecule has 1 heteroatoms. The summed E-state index contributed by atoms with van der Waals surface area (Å²) < 4.78 is 0. The van der Waals surface area contributed by atoms with Crippen LogP contribution in [0.5, 0.6) is 0 Å². The lowest BCUT2D eigenvalue weighted by Gasteiger charge is -2.26. The highest BCUT2D eigenvalue weighted by molar-refractivity contribution is 5.93. The van der Waals surface area contributed by atoms with Gasteiger partial charge >= 0.3 is 0 Å². The summed E-state index contributed by atoms with van der Waals surface area (Å²) in [5.74, 6) is 0.0727. The molecule has 21 heavy (non-hydrogen) atoms.